The van der Waals surface area contributed by atoms with Gasteiger partial charge in [0.05, 0.1) is 5.56 Å². The fraction of sp³-hybridized carbons (Fsp3) is 0.517. The van der Waals surface area contributed by atoms with Crippen molar-refractivity contribution in [2.45, 2.75) is 57.3 Å². The summed E-state index contributed by atoms with van der Waals surface area (Å²) in [4.78, 5) is 30.3. The van der Waals surface area contributed by atoms with Gasteiger partial charge in [0, 0.05) is 43.7 Å². The van der Waals surface area contributed by atoms with Crippen molar-refractivity contribution in [3.63, 3.8) is 0 Å². The second-order valence-corrected chi connectivity index (χ2v) is 10.3. The molecule has 2 aromatic carbocycles. The summed E-state index contributed by atoms with van der Waals surface area (Å²) in [5, 5.41) is 6.37. The summed E-state index contributed by atoms with van der Waals surface area (Å²) in [7, 11) is 0. The minimum Gasteiger partial charge on any atom is -0.340 e. The summed E-state index contributed by atoms with van der Waals surface area (Å²) < 4.78 is 38.7. The number of hydrogen-bond acceptors (Lipinski definition) is 4. The summed E-state index contributed by atoms with van der Waals surface area (Å²) in [6.45, 7) is 8.56. The van der Waals surface area contributed by atoms with Gasteiger partial charge in [-0.05, 0) is 69.1 Å². The first-order valence-electron chi connectivity index (χ1n) is 13.4. The molecule has 0 aromatic heterocycles. The van der Waals surface area contributed by atoms with Crippen LogP contribution in [0, 0.1) is 6.92 Å². The molecule has 2 amide bonds. The van der Waals surface area contributed by atoms with Crippen molar-refractivity contribution in [3.05, 3.63) is 70.8 Å². The van der Waals surface area contributed by atoms with Gasteiger partial charge in [-0.2, -0.15) is 13.2 Å². The van der Waals surface area contributed by atoms with Gasteiger partial charge in [0.25, 0.3) is 5.91 Å². The molecule has 6 nitrogen and oxygen atoms in total. The summed E-state index contributed by atoms with van der Waals surface area (Å²) in [5.74, 6) is -0.175. The van der Waals surface area contributed by atoms with E-state index in [1.807, 2.05) is 0 Å². The lowest BCUT2D eigenvalue weighted by Gasteiger charge is -2.36. The van der Waals surface area contributed by atoms with Crippen molar-refractivity contribution < 1.29 is 22.8 Å². The number of likely N-dealkylation sites (N-methyl/N-ethyl adjacent to an activating group) is 1. The van der Waals surface area contributed by atoms with Crippen LogP contribution < -0.4 is 10.6 Å². The first-order chi connectivity index (χ1) is 18.2. The monoisotopic (exact) mass is 530 g/mol. The second-order valence-electron chi connectivity index (χ2n) is 10.3. The number of carbonyl (C=O) groups excluding carboxylic acids is 2. The summed E-state index contributed by atoms with van der Waals surface area (Å²) in [5.41, 5.74) is 1.86. The van der Waals surface area contributed by atoms with E-state index in [1.165, 1.54) is 11.1 Å². The lowest BCUT2D eigenvalue weighted by atomic mass is 10.1. The van der Waals surface area contributed by atoms with Crippen LogP contribution in [-0.2, 0) is 11.0 Å². The third-order valence-electron chi connectivity index (χ3n) is 7.58. The Morgan fingerprint density at radius 2 is 1.66 bits per heavy atom. The van der Waals surface area contributed by atoms with Gasteiger partial charge in [0.1, 0.15) is 6.04 Å². The van der Waals surface area contributed by atoms with Crippen LogP contribution in [0.25, 0.3) is 0 Å². The molecule has 0 bridgehead atoms. The molecule has 38 heavy (non-hydrogen) atoms. The highest BCUT2D eigenvalue weighted by Gasteiger charge is 2.37. The number of carbonyl (C=O) groups is 2. The number of aryl methyl sites for hydroxylation is 1. The molecule has 4 rings (SSSR count). The average Bonchev–Trinajstić information content (AvgIpc) is 3.69. The molecule has 206 valence electrons. The third-order valence-corrected chi connectivity index (χ3v) is 7.58. The van der Waals surface area contributed by atoms with E-state index in [0.717, 1.165) is 56.9 Å². The van der Waals surface area contributed by atoms with Crippen molar-refractivity contribution in [2.24, 2.45) is 0 Å². The van der Waals surface area contributed by atoms with E-state index in [9.17, 15) is 22.8 Å². The van der Waals surface area contributed by atoms with Crippen molar-refractivity contribution in [1.82, 2.24) is 20.4 Å². The van der Waals surface area contributed by atoms with E-state index in [4.69, 9.17) is 0 Å². The number of nitrogens with one attached hydrogen (secondary N) is 2. The van der Waals surface area contributed by atoms with E-state index in [0.29, 0.717) is 37.9 Å². The number of amides is 2. The Labute approximate surface area is 222 Å². The Morgan fingerprint density at radius 3 is 2.26 bits per heavy atom. The molecule has 0 spiro atoms. The molecular weight excluding hydrogens is 493 g/mol. The molecule has 1 saturated heterocycles. The van der Waals surface area contributed by atoms with Crippen molar-refractivity contribution in [2.75, 3.05) is 39.3 Å². The van der Waals surface area contributed by atoms with Gasteiger partial charge in [-0.25, -0.2) is 0 Å². The molecule has 1 saturated carbocycles. The van der Waals surface area contributed by atoms with E-state index in [2.05, 4.69) is 53.6 Å². The van der Waals surface area contributed by atoms with Gasteiger partial charge >= 0.3 is 6.18 Å². The van der Waals surface area contributed by atoms with Crippen LogP contribution in [0.4, 0.5) is 13.2 Å². The van der Waals surface area contributed by atoms with Crippen LogP contribution in [0.1, 0.15) is 59.2 Å². The number of rotatable bonds is 10. The Morgan fingerprint density at radius 1 is 1.00 bits per heavy atom. The standard InChI is InChI=1S/C29H37F3N4O2/c1-3-35-15-17-36(18-16-35)28(38)25(34-27(37)22-10-12-23(13-11-22)29(30,31)32)5-4-14-33-26-19-24(26)21-8-6-20(2)7-9-21/h6-13,24-26,33H,3-5,14-19H2,1-2H3,(H,34,37)/t24-,25-,26?/m0/s1. The topological polar surface area (TPSA) is 64.7 Å². The zero-order chi connectivity index (χ0) is 27.3. The summed E-state index contributed by atoms with van der Waals surface area (Å²) in [6.07, 6.45) is -2.25. The fourth-order valence-corrected chi connectivity index (χ4v) is 5.01. The Bertz CT molecular complexity index is 1080. The minimum atomic E-state index is -4.47. The highest BCUT2D eigenvalue weighted by molar-refractivity contribution is 5.97. The smallest absolute Gasteiger partial charge is 0.340 e. The fourth-order valence-electron chi connectivity index (χ4n) is 5.01. The van der Waals surface area contributed by atoms with Gasteiger partial charge in [0.2, 0.25) is 5.91 Å². The van der Waals surface area contributed by atoms with Crippen molar-refractivity contribution >= 4 is 11.8 Å². The first-order valence-corrected chi connectivity index (χ1v) is 13.4. The van der Waals surface area contributed by atoms with Gasteiger partial charge < -0.3 is 20.4 Å². The summed E-state index contributed by atoms with van der Waals surface area (Å²) in [6, 6.07) is 12.4. The van der Waals surface area contributed by atoms with Crippen LogP contribution in [-0.4, -0.2) is 73.0 Å². The zero-order valence-corrected chi connectivity index (χ0v) is 22.1. The molecule has 0 radical (unpaired) electrons. The lowest BCUT2D eigenvalue weighted by Crippen LogP contribution is -2.55. The predicted octanol–water partition coefficient (Wildman–Crippen LogP) is 4.20. The van der Waals surface area contributed by atoms with E-state index < -0.39 is 23.7 Å². The number of benzene rings is 2. The molecular formula is C29H37F3N4O2. The predicted molar refractivity (Wildman–Crippen MR) is 141 cm³/mol. The molecule has 2 N–H and O–H groups in total. The van der Waals surface area contributed by atoms with Crippen molar-refractivity contribution in [3.8, 4) is 0 Å². The number of piperazine rings is 1. The number of halogens is 3. The van der Waals surface area contributed by atoms with Crippen LogP contribution in [0.2, 0.25) is 0 Å². The Kier molecular flexibility index (Phi) is 9.10. The first kappa shape index (κ1) is 28.1. The molecule has 1 aliphatic heterocycles. The average molecular weight is 531 g/mol. The minimum absolute atomic E-state index is 0.101. The number of alkyl halides is 3. The van der Waals surface area contributed by atoms with E-state index in [-0.39, 0.29) is 11.5 Å². The molecule has 2 aliphatic rings. The third kappa shape index (κ3) is 7.35. The Hall–Kier alpha value is -2.91. The number of hydrogen-bond donors (Lipinski definition) is 2. The van der Waals surface area contributed by atoms with E-state index in [1.54, 1.807) is 4.90 Å². The maximum absolute atomic E-state index is 13.4. The largest absolute Gasteiger partial charge is 0.416 e. The van der Waals surface area contributed by atoms with Crippen LogP contribution in [0.5, 0.6) is 0 Å². The number of nitrogens with zero attached hydrogens (tertiary/aromatic N) is 2. The highest BCUT2D eigenvalue weighted by Crippen LogP contribution is 2.40. The summed E-state index contributed by atoms with van der Waals surface area (Å²) >= 11 is 0. The van der Waals surface area contributed by atoms with Gasteiger partial charge in [-0.3, -0.25) is 9.59 Å². The molecule has 2 aromatic rings. The van der Waals surface area contributed by atoms with Crippen LogP contribution >= 0.6 is 0 Å². The highest BCUT2D eigenvalue weighted by atomic mass is 19.4. The Balaban J connectivity index is 1.33. The van der Waals surface area contributed by atoms with Crippen LogP contribution in [0.15, 0.2) is 48.5 Å². The quantitative estimate of drug-likeness (QED) is 0.452. The van der Waals surface area contributed by atoms with Crippen molar-refractivity contribution in [1.29, 1.82) is 0 Å². The van der Waals surface area contributed by atoms with Crippen LogP contribution in [0.3, 0.4) is 0 Å². The van der Waals surface area contributed by atoms with Gasteiger partial charge in [-0.1, -0.05) is 36.8 Å². The molecule has 1 heterocycles. The molecule has 2 fully saturated rings. The zero-order valence-electron chi connectivity index (χ0n) is 22.1. The maximum atomic E-state index is 13.4. The lowest BCUT2D eigenvalue weighted by molar-refractivity contribution is -0.137. The normalized spacial score (nSPS) is 20.7. The van der Waals surface area contributed by atoms with Gasteiger partial charge in [-0.15, -0.1) is 0 Å². The van der Waals surface area contributed by atoms with E-state index >= 15 is 0 Å². The SMILES string of the molecule is CCN1CCN(C(=O)[C@H](CCCNC2C[C@H]2c2ccc(C)cc2)NC(=O)c2ccc(C(F)(F)F)cc2)CC1. The molecule has 3 atom stereocenters. The molecule has 1 aliphatic carbocycles. The molecule has 1 unspecified atom stereocenters. The van der Waals surface area contributed by atoms with Gasteiger partial charge in [0.15, 0.2) is 0 Å². The second kappa shape index (κ2) is 12.3. The maximum Gasteiger partial charge on any atom is 0.416 e. The molecule has 9 heteroatoms.